The summed E-state index contributed by atoms with van der Waals surface area (Å²) in [6.07, 6.45) is 0. The molecular weight excluding hydrogens is 356 g/mol. The molecule has 0 saturated carbocycles. The van der Waals surface area contributed by atoms with E-state index in [1.165, 1.54) is 22.7 Å². The quantitative estimate of drug-likeness (QED) is 0.686. The van der Waals surface area contributed by atoms with Gasteiger partial charge in [-0.05, 0) is 28.5 Å². The number of nitrogens with zero attached hydrogens (tertiary/aromatic N) is 1. The minimum absolute atomic E-state index is 0.384. The number of carbonyl (C=O) groups is 2. The maximum Gasteiger partial charge on any atom is 0.349 e. The maximum absolute atomic E-state index is 12.3. The Morgan fingerprint density at radius 1 is 1.08 bits per heavy atom. The lowest BCUT2D eigenvalue weighted by Crippen LogP contribution is -2.20. The highest BCUT2D eigenvalue weighted by molar-refractivity contribution is 7.14. The first-order valence-electron chi connectivity index (χ1n) is 7.26. The summed E-state index contributed by atoms with van der Waals surface area (Å²) in [5, 5.41) is 15.5. The van der Waals surface area contributed by atoms with Crippen molar-refractivity contribution >= 4 is 39.6 Å². The molecule has 1 aromatic carbocycles. The summed E-state index contributed by atoms with van der Waals surface area (Å²) < 4.78 is 5.11. The summed E-state index contributed by atoms with van der Waals surface area (Å²) >= 11 is 2.51. The van der Waals surface area contributed by atoms with Gasteiger partial charge in [-0.15, -0.1) is 22.7 Å². The number of benzene rings is 1. The van der Waals surface area contributed by atoms with E-state index < -0.39 is 18.5 Å². The first-order valence-corrected chi connectivity index (χ1v) is 9.02. The van der Waals surface area contributed by atoms with E-state index in [1.807, 2.05) is 47.8 Å². The van der Waals surface area contributed by atoms with Crippen LogP contribution in [0.25, 0.3) is 11.1 Å². The Kier molecular flexibility index (Phi) is 5.23. The van der Waals surface area contributed by atoms with Crippen molar-refractivity contribution < 1.29 is 14.3 Å². The van der Waals surface area contributed by atoms with Gasteiger partial charge in [-0.1, -0.05) is 30.3 Å². The zero-order chi connectivity index (χ0) is 17.6. The molecule has 0 saturated heterocycles. The topological polar surface area (TPSA) is 79.2 Å². The van der Waals surface area contributed by atoms with Gasteiger partial charge in [-0.3, -0.25) is 4.79 Å². The first kappa shape index (κ1) is 16.9. The monoisotopic (exact) mass is 368 g/mol. The molecule has 0 aliphatic carbocycles. The highest BCUT2D eigenvalue weighted by Crippen LogP contribution is 2.28. The third-order valence-corrected chi connectivity index (χ3v) is 5.03. The molecule has 2 heterocycles. The fourth-order valence-corrected chi connectivity index (χ4v) is 3.73. The fraction of sp³-hybridized carbons (Fsp3) is 0.0556. The van der Waals surface area contributed by atoms with Crippen molar-refractivity contribution in [2.45, 2.75) is 0 Å². The Labute approximate surface area is 152 Å². The lowest BCUT2D eigenvalue weighted by Gasteiger charge is -2.06. The predicted octanol–water partition coefficient (Wildman–Crippen LogP) is 4.14. The van der Waals surface area contributed by atoms with Crippen molar-refractivity contribution in [3.63, 3.8) is 0 Å². The molecule has 0 spiro atoms. The molecule has 0 fully saturated rings. The standard InChI is InChI=1S/C18H12N2O3S2/c19-10-13-6-8-25-17(13)20-15(21)11-23-18(22)16-14(7-9-24-16)12-4-2-1-3-5-12/h1-9H,11H2,(H,20,21). The van der Waals surface area contributed by atoms with Crippen LogP contribution in [0.4, 0.5) is 5.00 Å². The van der Waals surface area contributed by atoms with Crippen molar-refractivity contribution in [2.24, 2.45) is 0 Å². The number of carbonyl (C=O) groups excluding carboxylic acids is 2. The van der Waals surface area contributed by atoms with Crippen molar-refractivity contribution in [1.29, 1.82) is 5.26 Å². The fourth-order valence-electron chi connectivity index (χ4n) is 2.17. The Balaban J connectivity index is 1.63. The van der Waals surface area contributed by atoms with E-state index in [0.717, 1.165) is 11.1 Å². The van der Waals surface area contributed by atoms with E-state index in [2.05, 4.69) is 5.32 Å². The van der Waals surface area contributed by atoms with Crippen LogP contribution in [0.15, 0.2) is 53.2 Å². The molecule has 25 heavy (non-hydrogen) atoms. The van der Waals surface area contributed by atoms with Crippen molar-refractivity contribution in [3.8, 4) is 17.2 Å². The van der Waals surface area contributed by atoms with Crippen LogP contribution in [0.1, 0.15) is 15.2 Å². The number of rotatable bonds is 5. The summed E-state index contributed by atoms with van der Waals surface area (Å²) in [6, 6.07) is 14.9. The van der Waals surface area contributed by atoms with Crippen molar-refractivity contribution in [1.82, 2.24) is 0 Å². The first-order chi connectivity index (χ1) is 12.2. The third kappa shape index (κ3) is 3.94. The predicted molar refractivity (Wildman–Crippen MR) is 97.7 cm³/mol. The van der Waals surface area contributed by atoms with E-state index in [0.29, 0.717) is 15.4 Å². The SMILES string of the molecule is N#Cc1ccsc1NC(=O)COC(=O)c1sccc1-c1ccccc1. The van der Waals surface area contributed by atoms with Gasteiger partial charge in [0, 0.05) is 5.56 Å². The molecule has 7 heteroatoms. The number of anilines is 1. The molecular formula is C18H12N2O3S2. The van der Waals surface area contributed by atoms with Gasteiger partial charge in [0.1, 0.15) is 15.9 Å². The van der Waals surface area contributed by atoms with Crippen LogP contribution in [-0.2, 0) is 9.53 Å². The minimum Gasteiger partial charge on any atom is -0.451 e. The number of hydrogen-bond acceptors (Lipinski definition) is 6. The molecule has 0 atom stereocenters. The molecule has 0 radical (unpaired) electrons. The maximum atomic E-state index is 12.3. The lowest BCUT2D eigenvalue weighted by atomic mass is 10.1. The second kappa shape index (κ2) is 7.75. The summed E-state index contributed by atoms with van der Waals surface area (Å²) in [5.74, 6) is -1.03. The zero-order valence-electron chi connectivity index (χ0n) is 12.9. The van der Waals surface area contributed by atoms with Crippen LogP contribution >= 0.6 is 22.7 Å². The van der Waals surface area contributed by atoms with Gasteiger partial charge < -0.3 is 10.1 Å². The number of nitrogens with one attached hydrogen (secondary N) is 1. The number of thiophene rings is 2. The van der Waals surface area contributed by atoms with Gasteiger partial charge in [0.2, 0.25) is 0 Å². The molecule has 3 rings (SSSR count). The number of hydrogen-bond donors (Lipinski definition) is 1. The largest absolute Gasteiger partial charge is 0.451 e. The highest BCUT2D eigenvalue weighted by atomic mass is 32.1. The van der Waals surface area contributed by atoms with E-state index in [4.69, 9.17) is 10.00 Å². The molecule has 5 nitrogen and oxygen atoms in total. The molecule has 0 aliphatic heterocycles. The van der Waals surface area contributed by atoms with Gasteiger partial charge in [-0.25, -0.2) is 4.79 Å². The highest BCUT2D eigenvalue weighted by Gasteiger charge is 2.17. The Morgan fingerprint density at radius 2 is 1.84 bits per heavy atom. The Bertz CT molecular complexity index is 939. The van der Waals surface area contributed by atoms with Gasteiger partial charge in [0.15, 0.2) is 6.61 Å². The second-order valence-electron chi connectivity index (χ2n) is 4.93. The summed E-state index contributed by atoms with van der Waals surface area (Å²) in [5.41, 5.74) is 2.08. The Hall–Kier alpha value is -2.95. The van der Waals surface area contributed by atoms with Gasteiger partial charge >= 0.3 is 5.97 Å². The molecule has 1 amide bonds. The smallest absolute Gasteiger partial charge is 0.349 e. The minimum atomic E-state index is -0.546. The van der Waals surface area contributed by atoms with Crippen LogP contribution < -0.4 is 5.32 Å². The summed E-state index contributed by atoms with van der Waals surface area (Å²) in [6.45, 7) is -0.409. The van der Waals surface area contributed by atoms with Crippen LogP contribution in [0, 0.1) is 11.3 Å². The van der Waals surface area contributed by atoms with Crippen LogP contribution in [0.5, 0.6) is 0 Å². The van der Waals surface area contributed by atoms with Gasteiger partial charge in [0.25, 0.3) is 5.91 Å². The number of amides is 1. The molecule has 3 aromatic rings. The average Bonchev–Trinajstić information content (AvgIpc) is 3.29. The zero-order valence-corrected chi connectivity index (χ0v) is 14.5. The summed E-state index contributed by atoms with van der Waals surface area (Å²) in [7, 11) is 0. The number of esters is 1. The van der Waals surface area contributed by atoms with Gasteiger partial charge in [0.05, 0.1) is 5.56 Å². The third-order valence-electron chi connectivity index (χ3n) is 3.31. The number of ether oxygens (including phenoxy) is 1. The molecule has 0 aliphatic rings. The van der Waals surface area contributed by atoms with Gasteiger partial charge in [-0.2, -0.15) is 5.26 Å². The van der Waals surface area contributed by atoms with E-state index in [9.17, 15) is 9.59 Å². The Morgan fingerprint density at radius 3 is 2.60 bits per heavy atom. The number of nitriles is 1. The van der Waals surface area contributed by atoms with Crippen LogP contribution in [0.2, 0.25) is 0 Å². The molecule has 0 unspecified atom stereocenters. The van der Waals surface area contributed by atoms with E-state index >= 15 is 0 Å². The lowest BCUT2D eigenvalue weighted by molar-refractivity contribution is -0.119. The van der Waals surface area contributed by atoms with Crippen molar-refractivity contribution in [2.75, 3.05) is 11.9 Å². The molecule has 0 bridgehead atoms. The van der Waals surface area contributed by atoms with E-state index in [1.54, 1.807) is 11.4 Å². The summed E-state index contributed by atoms with van der Waals surface area (Å²) in [4.78, 5) is 24.7. The molecule has 2 aromatic heterocycles. The van der Waals surface area contributed by atoms with Crippen LogP contribution in [-0.4, -0.2) is 18.5 Å². The average molecular weight is 368 g/mol. The van der Waals surface area contributed by atoms with Crippen molar-refractivity contribution in [3.05, 3.63) is 63.7 Å². The normalized spacial score (nSPS) is 10.0. The second-order valence-corrected chi connectivity index (χ2v) is 6.76. The van der Waals surface area contributed by atoms with E-state index in [-0.39, 0.29) is 0 Å². The molecule has 1 N–H and O–H groups in total. The molecule has 124 valence electrons. The van der Waals surface area contributed by atoms with Crippen LogP contribution in [0.3, 0.4) is 0 Å².